The van der Waals surface area contributed by atoms with Crippen molar-refractivity contribution in [3.05, 3.63) is 53.2 Å². The van der Waals surface area contributed by atoms with E-state index in [-0.39, 0.29) is 11.5 Å². The van der Waals surface area contributed by atoms with Gasteiger partial charge >= 0.3 is 0 Å². The standard InChI is InChI=1S/C22H29N3O3/c1-15(2)16-4-6-17(7-5-16)22(26,21(3)13-23-14-21)18-10-20(25-24-11-18)28-19-8-9-27-12-19/h4-7,10-11,15,19,23,26H,8-9,12-14H2,1-3H3/t19-,22?/m0/s1. The van der Waals surface area contributed by atoms with Crippen molar-refractivity contribution in [3.8, 4) is 5.88 Å². The van der Waals surface area contributed by atoms with Crippen molar-refractivity contribution in [2.75, 3.05) is 26.3 Å². The molecule has 0 spiro atoms. The Morgan fingerprint density at radius 2 is 2.00 bits per heavy atom. The Morgan fingerprint density at radius 1 is 1.25 bits per heavy atom. The van der Waals surface area contributed by atoms with Crippen LogP contribution in [0.25, 0.3) is 0 Å². The molecular formula is C22H29N3O3. The minimum absolute atomic E-state index is 0.0103. The third kappa shape index (κ3) is 3.30. The van der Waals surface area contributed by atoms with E-state index in [1.165, 1.54) is 5.56 Å². The maximum atomic E-state index is 12.1. The monoisotopic (exact) mass is 383 g/mol. The fourth-order valence-corrected chi connectivity index (χ4v) is 4.11. The molecule has 4 rings (SSSR count). The van der Waals surface area contributed by atoms with Crippen LogP contribution in [-0.2, 0) is 10.3 Å². The van der Waals surface area contributed by atoms with Gasteiger partial charge in [-0.1, -0.05) is 45.0 Å². The second kappa shape index (κ2) is 7.43. The van der Waals surface area contributed by atoms with Gasteiger partial charge in [0.05, 0.1) is 19.4 Å². The highest BCUT2D eigenvalue weighted by Crippen LogP contribution is 2.47. The van der Waals surface area contributed by atoms with Crippen LogP contribution in [0.2, 0.25) is 0 Å². The van der Waals surface area contributed by atoms with E-state index in [4.69, 9.17) is 9.47 Å². The zero-order chi connectivity index (χ0) is 19.8. The number of hydrogen-bond acceptors (Lipinski definition) is 6. The molecule has 0 aliphatic carbocycles. The quantitative estimate of drug-likeness (QED) is 0.799. The van der Waals surface area contributed by atoms with Crippen LogP contribution in [0.4, 0.5) is 0 Å². The molecule has 2 aliphatic rings. The molecule has 6 nitrogen and oxygen atoms in total. The summed E-state index contributed by atoms with van der Waals surface area (Å²) in [6.45, 7) is 9.16. The molecule has 2 aliphatic heterocycles. The minimum Gasteiger partial charge on any atom is -0.471 e. The van der Waals surface area contributed by atoms with Gasteiger partial charge in [-0.15, -0.1) is 5.10 Å². The highest BCUT2D eigenvalue weighted by atomic mass is 16.5. The van der Waals surface area contributed by atoms with E-state index in [0.717, 1.165) is 25.1 Å². The van der Waals surface area contributed by atoms with E-state index in [2.05, 4.69) is 48.4 Å². The van der Waals surface area contributed by atoms with Gasteiger partial charge in [-0.2, -0.15) is 5.10 Å². The lowest BCUT2D eigenvalue weighted by atomic mass is 9.63. The van der Waals surface area contributed by atoms with E-state index in [0.29, 0.717) is 30.6 Å². The normalized spacial score (nSPS) is 23.2. The molecule has 0 radical (unpaired) electrons. The fraction of sp³-hybridized carbons (Fsp3) is 0.545. The third-order valence-corrected chi connectivity index (χ3v) is 6.12. The molecule has 2 fully saturated rings. The summed E-state index contributed by atoms with van der Waals surface area (Å²) in [5.41, 5.74) is 1.29. The first kappa shape index (κ1) is 19.3. The van der Waals surface area contributed by atoms with Crippen molar-refractivity contribution in [1.29, 1.82) is 0 Å². The van der Waals surface area contributed by atoms with Crippen LogP contribution >= 0.6 is 0 Å². The van der Waals surface area contributed by atoms with Crippen molar-refractivity contribution < 1.29 is 14.6 Å². The predicted molar refractivity (Wildman–Crippen MR) is 106 cm³/mol. The molecule has 150 valence electrons. The van der Waals surface area contributed by atoms with Crippen molar-refractivity contribution >= 4 is 0 Å². The minimum atomic E-state index is -1.19. The molecule has 2 atom stereocenters. The molecule has 28 heavy (non-hydrogen) atoms. The van der Waals surface area contributed by atoms with E-state index >= 15 is 0 Å². The molecule has 0 bridgehead atoms. The molecule has 1 aromatic heterocycles. The van der Waals surface area contributed by atoms with E-state index in [1.807, 2.05) is 18.2 Å². The number of ether oxygens (including phenoxy) is 2. The summed E-state index contributed by atoms with van der Waals surface area (Å²) in [5.74, 6) is 0.875. The second-order valence-corrected chi connectivity index (χ2v) is 8.54. The van der Waals surface area contributed by atoms with Crippen molar-refractivity contribution in [1.82, 2.24) is 15.5 Å². The molecule has 0 saturated carbocycles. The second-order valence-electron chi connectivity index (χ2n) is 8.54. The molecule has 2 N–H and O–H groups in total. The van der Waals surface area contributed by atoms with Gasteiger partial charge in [0.1, 0.15) is 11.7 Å². The van der Waals surface area contributed by atoms with Crippen molar-refractivity contribution in [2.45, 2.75) is 44.8 Å². The average Bonchev–Trinajstić information content (AvgIpc) is 3.18. The Hall–Kier alpha value is -2.02. The molecule has 3 heterocycles. The molecule has 1 unspecified atom stereocenters. The van der Waals surface area contributed by atoms with Crippen LogP contribution in [0.1, 0.15) is 49.8 Å². The van der Waals surface area contributed by atoms with Crippen LogP contribution in [0.15, 0.2) is 36.5 Å². The molecule has 2 saturated heterocycles. The Morgan fingerprint density at radius 3 is 2.57 bits per heavy atom. The van der Waals surface area contributed by atoms with Gasteiger partial charge in [-0.25, -0.2) is 0 Å². The Labute approximate surface area is 166 Å². The van der Waals surface area contributed by atoms with Crippen LogP contribution < -0.4 is 10.1 Å². The lowest BCUT2D eigenvalue weighted by Gasteiger charge is -2.51. The maximum Gasteiger partial charge on any atom is 0.234 e. The van der Waals surface area contributed by atoms with Crippen LogP contribution in [0, 0.1) is 5.41 Å². The SMILES string of the molecule is CC(C)c1ccc(C(O)(c2cnnc(O[C@H]3CCOC3)c2)C2(C)CNC2)cc1. The number of aliphatic hydroxyl groups is 1. The summed E-state index contributed by atoms with van der Waals surface area (Å²) in [7, 11) is 0. The smallest absolute Gasteiger partial charge is 0.234 e. The number of nitrogens with zero attached hydrogens (tertiary/aromatic N) is 2. The van der Waals surface area contributed by atoms with Gasteiger partial charge in [-0.05, 0) is 17.0 Å². The topological polar surface area (TPSA) is 76.5 Å². The summed E-state index contributed by atoms with van der Waals surface area (Å²) in [4.78, 5) is 0. The van der Waals surface area contributed by atoms with Crippen molar-refractivity contribution in [2.24, 2.45) is 5.41 Å². The molecule has 2 aromatic rings. The third-order valence-electron chi connectivity index (χ3n) is 6.12. The average molecular weight is 383 g/mol. The van der Waals surface area contributed by atoms with Crippen LogP contribution in [-0.4, -0.2) is 47.7 Å². The van der Waals surface area contributed by atoms with Crippen LogP contribution in [0.5, 0.6) is 5.88 Å². The first-order valence-electron chi connectivity index (χ1n) is 10.0. The summed E-state index contributed by atoms with van der Waals surface area (Å²) in [6.07, 6.45) is 2.48. The van der Waals surface area contributed by atoms with Crippen LogP contribution in [0.3, 0.4) is 0 Å². The molecule has 6 heteroatoms. The number of nitrogens with one attached hydrogen (secondary N) is 1. The number of rotatable bonds is 6. The summed E-state index contributed by atoms with van der Waals surface area (Å²) in [5, 5.41) is 23.6. The van der Waals surface area contributed by atoms with Gasteiger partial charge < -0.3 is 19.9 Å². The highest BCUT2D eigenvalue weighted by Gasteiger charge is 2.53. The lowest BCUT2D eigenvalue weighted by molar-refractivity contribution is -0.0772. The largest absolute Gasteiger partial charge is 0.471 e. The first-order valence-corrected chi connectivity index (χ1v) is 10.0. The Kier molecular flexibility index (Phi) is 5.12. The van der Waals surface area contributed by atoms with Gasteiger partial charge in [0, 0.05) is 36.6 Å². The van der Waals surface area contributed by atoms with E-state index in [9.17, 15) is 5.11 Å². The maximum absolute atomic E-state index is 12.1. The zero-order valence-corrected chi connectivity index (χ0v) is 16.8. The molecule has 0 amide bonds. The number of aromatic nitrogens is 2. The number of benzene rings is 1. The van der Waals surface area contributed by atoms with Gasteiger partial charge in [0.2, 0.25) is 5.88 Å². The summed E-state index contributed by atoms with van der Waals surface area (Å²) < 4.78 is 11.3. The highest BCUT2D eigenvalue weighted by molar-refractivity contribution is 5.41. The fourth-order valence-electron chi connectivity index (χ4n) is 4.11. The Balaban J connectivity index is 1.72. The Bertz CT molecular complexity index is 814. The first-order chi connectivity index (χ1) is 13.4. The van der Waals surface area contributed by atoms with Gasteiger partial charge in [0.25, 0.3) is 0 Å². The predicted octanol–water partition coefficient (Wildman–Crippen LogP) is 2.61. The van der Waals surface area contributed by atoms with Gasteiger partial charge in [-0.3, -0.25) is 0 Å². The molecular weight excluding hydrogens is 354 g/mol. The van der Waals surface area contributed by atoms with Gasteiger partial charge in [0.15, 0.2) is 0 Å². The summed E-state index contributed by atoms with van der Waals surface area (Å²) >= 11 is 0. The summed E-state index contributed by atoms with van der Waals surface area (Å²) in [6, 6.07) is 10.1. The molecule has 1 aromatic carbocycles. The van der Waals surface area contributed by atoms with E-state index in [1.54, 1.807) is 6.20 Å². The lowest BCUT2D eigenvalue weighted by Crippen LogP contribution is -2.63. The number of hydrogen-bond donors (Lipinski definition) is 2. The zero-order valence-electron chi connectivity index (χ0n) is 16.8. The van der Waals surface area contributed by atoms with E-state index < -0.39 is 5.60 Å². The van der Waals surface area contributed by atoms with Crippen molar-refractivity contribution in [3.63, 3.8) is 0 Å².